The Balaban J connectivity index is 2.09. The fourth-order valence-corrected chi connectivity index (χ4v) is 3.44. The highest BCUT2D eigenvalue weighted by molar-refractivity contribution is 6.30. The summed E-state index contributed by atoms with van der Waals surface area (Å²) in [5.41, 5.74) is 1.63. The Labute approximate surface area is 117 Å². The van der Waals surface area contributed by atoms with E-state index in [9.17, 15) is 4.39 Å². The molecule has 0 bridgehead atoms. The molecule has 2 aliphatic rings. The van der Waals surface area contributed by atoms with Crippen LogP contribution < -0.4 is 4.90 Å². The van der Waals surface area contributed by atoms with Crippen molar-refractivity contribution in [2.24, 2.45) is 5.41 Å². The van der Waals surface area contributed by atoms with E-state index < -0.39 is 0 Å². The molecule has 1 saturated heterocycles. The summed E-state index contributed by atoms with van der Waals surface area (Å²) in [6.45, 7) is 3.75. The van der Waals surface area contributed by atoms with Crippen molar-refractivity contribution in [2.45, 2.75) is 25.8 Å². The van der Waals surface area contributed by atoms with Crippen LogP contribution in [0.15, 0.2) is 12.3 Å². The zero-order chi connectivity index (χ0) is 13.5. The highest BCUT2D eigenvalue weighted by atomic mass is 35.5. The van der Waals surface area contributed by atoms with Gasteiger partial charge in [0.25, 0.3) is 0 Å². The monoisotopic (exact) mass is 284 g/mol. The van der Waals surface area contributed by atoms with Crippen molar-refractivity contribution in [1.82, 2.24) is 4.98 Å². The molecule has 0 spiro atoms. The summed E-state index contributed by atoms with van der Waals surface area (Å²) >= 11 is 6.05. The van der Waals surface area contributed by atoms with Crippen LogP contribution in [0.5, 0.6) is 0 Å². The Morgan fingerprint density at radius 1 is 1.63 bits per heavy atom. The lowest BCUT2D eigenvalue weighted by molar-refractivity contribution is 0.0209. The minimum atomic E-state index is -0.381. The Morgan fingerprint density at radius 2 is 2.47 bits per heavy atom. The van der Waals surface area contributed by atoms with Crippen LogP contribution >= 0.6 is 11.6 Å². The molecule has 0 amide bonds. The van der Waals surface area contributed by atoms with Crippen LogP contribution in [-0.2, 0) is 11.2 Å². The summed E-state index contributed by atoms with van der Waals surface area (Å²) in [4.78, 5) is 6.66. The third-order valence-corrected chi connectivity index (χ3v) is 4.76. The normalized spacial score (nSPS) is 29.8. The summed E-state index contributed by atoms with van der Waals surface area (Å²) in [6.07, 6.45) is 3.11. The molecule has 3 heterocycles. The average molecular weight is 285 g/mol. The van der Waals surface area contributed by atoms with Crippen LogP contribution in [0.4, 0.5) is 10.1 Å². The highest BCUT2D eigenvalue weighted by Crippen LogP contribution is 2.44. The SMILES string of the molecule is CCC1(CF)Cc2ncc(Cl)cc2N2CCOCC21. The number of morpholine rings is 1. The summed E-state index contributed by atoms with van der Waals surface area (Å²) in [7, 11) is 0. The number of nitrogens with zero attached hydrogens (tertiary/aromatic N) is 2. The second kappa shape index (κ2) is 4.91. The van der Waals surface area contributed by atoms with Crippen LogP contribution in [0, 0.1) is 5.41 Å². The maximum absolute atomic E-state index is 13.7. The van der Waals surface area contributed by atoms with Gasteiger partial charge in [0, 0.05) is 24.6 Å². The van der Waals surface area contributed by atoms with Crippen LogP contribution in [0.2, 0.25) is 5.02 Å². The van der Waals surface area contributed by atoms with Crippen LogP contribution in [0.3, 0.4) is 0 Å². The molecule has 2 aliphatic heterocycles. The lowest BCUT2D eigenvalue weighted by atomic mass is 9.71. The molecule has 0 aromatic carbocycles. The van der Waals surface area contributed by atoms with Crippen molar-refractivity contribution < 1.29 is 9.13 Å². The molecule has 0 radical (unpaired) electrons. The van der Waals surface area contributed by atoms with E-state index in [1.165, 1.54) is 0 Å². The van der Waals surface area contributed by atoms with E-state index >= 15 is 0 Å². The van der Waals surface area contributed by atoms with Crippen molar-refractivity contribution in [2.75, 3.05) is 31.3 Å². The van der Waals surface area contributed by atoms with Gasteiger partial charge in [0.15, 0.2) is 0 Å². The molecule has 2 unspecified atom stereocenters. The second-order valence-corrected chi connectivity index (χ2v) is 5.87. The van der Waals surface area contributed by atoms with Gasteiger partial charge in [-0.15, -0.1) is 0 Å². The molecule has 19 heavy (non-hydrogen) atoms. The van der Waals surface area contributed by atoms with Gasteiger partial charge in [-0.2, -0.15) is 0 Å². The van der Waals surface area contributed by atoms with Gasteiger partial charge in [-0.05, 0) is 12.5 Å². The van der Waals surface area contributed by atoms with Crippen LogP contribution in [0.25, 0.3) is 0 Å². The average Bonchev–Trinajstić information content (AvgIpc) is 2.47. The van der Waals surface area contributed by atoms with Gasteiger partial charge >= 0.3 is 0 Å². The van der Waals surface area contributed by atoms with Gasteiger partial charge in [-0.1, -0.05) is 18.5 Å². The van der Waals surface area contributed by atoms with Crippen LogP contribution in [0.1, 0.15) is 19.0 Å². The fraction of sp³-hybridized carbons (Fsp3) is 0.643. The molecule has 0 N–H and O–H groups in total. The van der Waals surface area contributed by atoms with E-state index in [0.717, 1.165) is 24.3 Å². The van der Waals surface area contributed by atoms with E-state index in [2.05, 4.69) is 9.88 Å². The first-order chi connectivity index (χ1) is 9.20. The molecular formula is C14H18ClFN2O. The van der Waals surface area contributed by atoms with Crippen molar-refractivity contribution >= 4 is 17.3 Å². The summed E-state index contributed by atoms with van der Waals surface area (Å²) in [6, 6.07) is 2.03. The molecule has 1 aromatic rings. The van der Waals surface area contributed by atoms with Gasteiger partial charge < -0.3 is 9.64 Å². The Morgan fingerprint density at radius 3 is 3.21 bits per heavy atom. The number of hydrogen-bond acceptors (Lipinski definition) is 3. The molecule has 3 rings (SSSR count). The Bertz CT molecular complexity index is 479. The molecule has 0 saturated carbocycles. The van der Waals surface area contributed by atoms with E-state index in [0.29, 0.717) is 24.7 Å². The number of rotatable bonds is 2. The van der Waals surface area contributed by atoms with Gasteiger partial charge in [0.1, 0.15) is 0 Å². The molecule has 3 nitrogen and oxygen atoms in total. The fourth-order valence-electron chi connectivity index (χ4n) is 3.28. The zero-order valence-electron chi connectivity index (χ0n) is 11.0. The number of alkyl halides is 1. The first-order valence-electron chi connectivity index (χ1n) is 6.75. The van der Waals surface area contributed by atoms with Gasteiger partial charge in [0.05, 0.1) is 42.3 Å². The van der Waals surface area contributed by atoms with Gasteiger partial charge in [-0.25, -0.2) is 0 Å². The Hall–Kier alpha value is -0.870. The molecule has 0 aliphatic carbocycles. The highest BCUT2D eigenvalue weighted by Gasteiger charge is 2.47. The molecule has 2 atom stereocenters. The van der Waals surface area contributed by atoms with E-state index in [1.807, 2.05) is 13.0 Å². The number of halogens is 2. The zero-order valence-corrected chi connectivity index (χ0v) is 11.8. The largest absolute Gasteiger partial charge is 0.377 e. The second-order valence-electron chi connectivity index (χ2n) is 5.43. The van der Waals surface area contributed by atoms with Crippen molar-refractivity contribution in [3.8, 4) is 0 Å². The summed E-state index contributed by atoms with van der Waals surface area (Å²) in [5.74, 6) is 0. The van der Waals surface area contributed by atoms with Gasteiger partial charge in [-0.3, -0.25) is 9.37 Å². The quantitative estimate of drug-likeness (QED) is 0.835. The maximum atomic E-state index is 13.7. The lowest BCUT2D eigenvalue weighted by Crippen LogP contribution is -2.59. The minimum absolute atomic E-state index is 0.0871. The van der Waals surface area contributed by atoms with E-state index in [4.69, 9.17) is 16.3 Å². The van der Waals surface area contributed by atoms with E-state index in [1.54, 1.807) is 6.20 Å². The predicted octanol–water partition coefficient (Wildman–Crippen LogP) is 2.86. The third kappa shape index (κ3) is 2.01. The molecular weight excluding hydrogens is 267 g/mol. The smallest absolute Gasteiger partial charge is 0.0974 e. The Kier molecular flexibility index (Phi) is 3.39. The predicted molar refractivity (Wildman–Crippen MR) is 73.6 cm³/mol. The van der Waals surface area contributed by atoms with Crippen LogP contribution in [-0.4, -0.2) is 37.5 Å². The molecule has 1 fully saturated rings. The van der Waals surface area contributed by atoms with E-state index in [-0.39, 0.29) is 18.1 Å². The van der Waals surface area contributed by atoms with Crippen molar-refractivity contribution in [3.05, 3.63) is 23.0 Å². The van der Waals surface area contributed by atoms with Gasteiger partial charge in [0.2, 0.25) is 0 Å². The third-order valence-electron chi connectivity index (χ3n) is 4.55. The minimum Gasteiger partial charge on any atom is -0.377 e. The molecule has 104 valence electrons. The molecule has 1 aromatic heterocycles. The topological polar surface area (TPSA) is 25.4 Å². The number of fused-ring (bicyclic) bond motifs is 3. The first-order valence-corrected chi connectivity index (χ1v) is 7.13. The number of anilines is 1. The summed E-state index contributed by atoms with van der Waals surface area (Å²) < 4.78 is 19.3. The van der Waals surface area contributed by atoms with Crippen molar-refractivity contribution in [1.29, 1.82) is 0 Å². The number of pyridine rings is 1. The number of hydrogen-bond donors (Lipinski definition) is 0. The standard InChI is InChI=1S/C14H18ClFN2O/c1-2-14(9-16)6-11-12(5-10(15)7-17-11)18-3-4-19-8-13(14)18/h5,7,13H,2-4,6,8-9H2,1H3. The number of ether oxygens (including phenoxy) is 1. The van der Waals surface area contributed by atoms with Crippen molar-refractivity contribution in [3.63, 3.8) is 0 Å². The number of aromatic nitrogens is 1. The first kappa shape index (κ1) is 13.1. The lowest BCUT2D eigenvalue weighted by Gasteiger charge is -2.51. The summed E-state index contributed by atoms with van der Waals surface area (Å²) in [5, 5.41) is 0.633. The maximum Gasteiger partial charge on any atom is 0.0974 e. The molecule has 5 heteroatoms.